The molecule has 0 aliphatic rings. The number of benzene rings is 3. The van der Waals surface area contributed by atoms with Crippen molar-refractivity contribution >= 4 is 23.4 Å². The predicted molar refractivity (Wildman–Crippen MR) is 118 cm³/mol. The molecule has 9 heteroatoms. The highest BCUT2D eigenvalue weighted by Crippen LogP contribution is 2.24. The molecule has 3 aromatic carbocycles. The number of ether oxygens (including phenoxy) is 1. The molecule has 0 atom stereocenters. The van der Waals surface area contributed by atoms with Gasteiger partial charge in [-0.15, -0.1) is 10.2 Å². The fourth-order valence-corrected chi connectivity index (χ4v) is 3.66. The summed E-state index contributed by atoms with van der Waals surface area (Å²) in [5.74, 6) is -0.475. The third kappa shape index (κ3) is 5.30. The number of para-hydroxylation sites is 2. The quantitative estimate of drug-likeness (QED) is 0.387. The van der Waals surface area contributed by atoms with Crippen molar-refractivity contribution in [3.8, 4) is 11.4 Å². The van der Waals surface area contributed by atoms with Gasteiger partial charge in [0.2, 0.25) is 5.91 Å². The summed E-state index contributed by atoms with van der Waals surface area (Å²) in [6, 6.07) is 21.0. The summed E-state index contributed by atoms with van der Waals surface area (Å²) >= 11 is 1.19. The molecule has 0 unspecified atom stereocenters. The first-order valence-electron chi connectivity index (χ1n) is 9.65. The number of amides is 1. The summed E-state index contributed by atoms with van der Waals surface area (Å²) in [5.41, 5.74) is 1.28. The van der Waals surface area contributed by atoms with Crippen LogP contribution in [0.3, 0.4) is 0 Å². The van der Waals surface area contributed by atoms with E-state index in [2.05, 4.69) is 15.5 Å². The zero-order valence-corrected chi connectivity index (χ0v) is 17.6. The Morgan fingerprint density at radius 3 is 2.41 bits per heavy atom. The van der Waals surface area contributed by atoms with Gasteiger partial charge in [0, 0.05) is 11.4 Å². The van der Waals surface area contributed by atoms with Crippen LogP contribution in [-0.2, 0) is 11.4 Å². The van der Waals surface area contributed by atoms with Gasteiger partial charge in [-0.25, -0.2) is 8.78 Å². The summed E-state index contributed by atoms with van der Waals surface area (Å²) in [6.07, 6.45) is 0. The van der Waals surface area contributed by atoms with E-state index in [-0.39, 0.29) is 29.8 Å². The second-order valence-electron chi connectivity index (χ2n) is 6.63. The SMILES string of the molecule is O=C(CSc1nnc(COc2ccccc2F)n1-c1ccccc1)Nc1ccc(F)cc1. The number of nitrogens with zero attached hydrogens (tertiary/aromatic N) is 3. The number of aromatic nitrogens is 3. The largest absolute Gasteiger partial charge is 0.483 e. The minimum absolute atomic E-state index is 0.00877. The van der Waals surface area contributed by atoms with E-state index >= 15 is 0 Å². The van der Waals surface area contributed by atoms with Crippen LogP contribution in [0, 0.1) is 11.6 Å². The van der Waals surface area contributed by atoms with Crippen LogP contribution in [0.5, 0.6) is 5.75 Å². The lowest BCUT2D eigenvalue weighted by Gasteiger charge is -2.11. The molecule has 162 valence electrons. The summed E-state index contributed by atoms with van der Waals surface area (Å²) in [6.45, 7) is -0.00877. The minimum Gasteiger partial charge on any atom is -0.483 e. The van der Waals surface area contributed by atoms with Crippen molar-refractivity contribution in [2.45, 2.75) is 11.8 Å². The fourth-order valence-electron chi connectivity index (χ4n) is 2.89. The first kappa shape index (κ1) is 21.5. The maximum Gasteiger partial charge on any atom is 0.234 e. The molecule has 1 amide bonds. The van der Waals surface area contributed by atoms with Crippen LogP contribution < -0.4 is 10.1 Å². The van der Waals surface area contributed by atoms with Crippen molar-refractivity contribution in [2.24, 2.45) is 0 Å². The van der Waals surface area contributed by atoms with Crippen molar-refractivity contribution in [1.82, 2.24) is 14.8 Å². The average Bonchev–Trinajstić information content (AvgIpc) is 3.22. The number of halogens is 2. The van der Waals surface area contributed by atoms with Gasteiger partial charge in [0.15, 0.2) is 22.5 Å². The fraction of sp³-hybridized carbons (Fsp3) is 0.0870. The molecule has 0 bridgehead atoms. The smallest absolute Gasteiger partial charge is 0.234 e. The van der Waals surface area contributed by atoms with Crippen molar-refractivity contribution in [2.75, 3.05) is 11.1 Å². The van der Waals surface area contributed by atoms with Gasteiger partial charge < -0.3 is 10.1 Å². The van der Waals surface area contributed by atoms with Crippen LogP contribution >= 0.6 is 11.8 Å². The summed E-state index contributed by atoms with van der Waals surface area (Å²) in [4.78, 5) is 12.3. The third-order valence-electron chi connectivity index (χ3n) is 4.37. The first-order chi connectivity index (χ1) is 15.6. The van der Waals surface area contributed by atoms with E-state index in [1.54, 1.807) is 16.7 Å². The molecule has 4 aromatic rings. The van der Waals surface area contributed by atoms with E-state index in [9.17, 15) is 13.6 Å². The standard InChI is InChI=1S/C23H18F2N4O2S/c24-16-10-12-17(13-11-16)26-22(30)15-32-23-28-27-21(29(23)18-6-2-1-3-7-18)14-31-20-9-5-4-8-19(20)25/h1-13H,14-15H2,(H,26,30). The van der Waals surface area contributed by atoms with Gasteiger partial charge in [-0.1, -0.05) is 42.1 Å². The molecule has 0 fully saturated rings. The molecule has 0 saturated heterocycles. The molecule has 4 rings (SSSR count). The number of thioether (sulfide) groups is 1. The Morgan fingerprint density at radius 2 is 1.66 bits per heavy atom. The van der Waals surface area contributed by atoms with Gasteiger partial charge in [-0.3, -0.25) is 9.36 Å². The molecular weight excluding hydrogens is 434 g/mol. The lowest BCUT2D eigenvalue weighted by molar-refractivity contribution is -0.113. The second-order valence-corrected chi connectivity index (χ2v) is 7.58. The Morgan fingerprint density at radius 1 is 0.938 bits per heavy atom. The molecule has 1 heterocycles. The van der Waals surface area contributed by atoms with Gasteiger partial charge in [0.25, 0.3) is 0 Å². The number of anilines is 1. The van der Waals surface area contributed by atoms with Crippen LogP contribution in [-0.4, -0.2) is 26.4 Å². The molecule has 1 N–H and O–H groups in total. The molecule has 6 nitrogen and oxygen atoms in total. The van der Waals surface area contributed by atoms with Crippen LogP contribution in [0.2, 0.25) is 0 Å². The summed E-state index contributed by atoms with van der Waals surface area (Å²) in [7, 11) is 0. The van der Waals surface area contributed by atoms with Crippen molar-refractivity contribution in [3.05, 3.63) is 96.3 Å². The molecule has 0 saturated carbocycles. The highest BCUT2D eigenvalue weighted by Gasteiger charge is 2.17. The Kier molecular flexibility index (Phi) is 6.76. The minimum atomic E-state index is -0.467. The topological polar surface area (TPSA) is 69.0 Å². The van der Waals surface area contributed by atoms with Gasteiger partial charge in [-0.2, -0.15) is 0 Å². The average molecular weight is 452 g/mol. The zero-order chi connectivity index (χ0) is 22.3. The van der Waals surface area contributed by atoms with E-state index in [0.717, 1.165) is 5.69 Å². The van der Waals surface area contributed by atoms with Crippen molar-refractivity contribution in [1.29, 1.82) is 0 Å². The maximum atomic E-state index is 13.9. The number of hydrogen-bond acceptors (Lipinski definition) is 5. The number of hydrogen-bond donors (Lipinski definition) is 1. The third-order valence-corrected chi connectivity index (χ3v) is 5.30. The second kappa shape index (κ2) is 10.1. The highest BCUT2D eigenvalue weighted by molar-refractivity contribution is 7.99. The molecular formula is C23H18F2N4O2S. The first-order valence-corrected chi connectivity index (χ1v) is 10.6. The molecule has 0 aliphatic carbocycles. The zero-order valence-electron chi connectivity index (χ0n) is 16.7. The lowest BCUT2D eigenvalue weighted by atomic mass is 10.3. The Bertz CT molecular complexity index is 1200. The van der Waals surface area contributed by atoms with Crippen LogP contribution in [0.25, 0.3) is 5.69 Å². The predicted octanol–water partition coefficient (Wildman–Crippen LogP) is 4.86. The summed E-state index contributed by atoms with van der Waals surface area (Å²) < 4.78 is 34.3. The van der Waals surface area contributed by atoms with Gasteiger partial charge >= 0.3 is 0 Å². The molecule has 32 heavy (non-hydrogen) atoms. The molecule has 0 radical (unpaired) electrons. The van der Waals surface area contributed by atoms with Gasteiger partial charge in [0.05, 0.1) is 5.75 Å². The Hall–Kier alpha value is -3.72. The van der Waals surface area contributed by atoms with E-state index in [1.165, 1.54) is 48.2 Å². The summed E-state index contributed by atoms with van der Waals surface area (Å²) in [5, 5.41) is 11.6. The van der Waals surface area contributed by atoms with E-state index < -0.39 is 5.82 Å². The lowest BCUT2D eigenvalue weighted by Crippen LogP contribution is -2.14. The Balaban J connectivity index is 1.49. The van der Waals surface area contributed by atoms with E-state index in [4.69, 9.17) is 4.74 Å². The number of carbonyl (C=O) groups is 1. The van der Waals surface area contributed by atoms with Crippen molar-refractivity contribution < 1.29 is 18.3 Å². The van der Waals surface area contributed by atoms with E-state index in [1.807, 2.05) is 30.3 Å². The monoisotopic (exact) mass is 452 g/mol. The van der Waals surface area contributed by atoms with Crippen LogP contribution in [0.4, 0.5) is 14.5 Å². The van der Waals surface area contributed by atoms with Crippen LogP contribution in [0.15, 0.2) is 84.0 Å². The number of nitrogens with one attached hydrogen (secondary N) is 1. The number of rotatable bonds is 8. The number of carbonyl (C=O) groups excluding carboxylic acids is 1. The van der Waals surface area contributed by atoms with Gasteiger partial charge in [-0.05, 0) is 48.5 Å². The highest BCUT2D eigenvalue weighted by atomic mass is 32.2. The Labute approximate surface area is 187 Å². The maximum absolute atomic E-state index is 13.9. The molecule has 0 spiro atoms. The molecule has 1 aromatic heterocycles. The van der Waals surface area contributed by atoms with Crippen LogP contribution in [0.1, 0.15) is 5.82 Å². The van der Waals surface area contributed by atoms with Crippen molar-refractivity contribution in [3.63, 3.8) is 0 Å². The normalized spacial score (nSPS) is 10.7. The van der Waals surface area contributed by atoms with Gasteiger partial charge in [0.1, 0.15) is 12.4 Å². The van der Waals surface area contributed by atoms with E-state index in [0.29, 0.717) is 16.7 Å². The molecule has 0 aliphatic heterocycles.